The molecule has 2 unspecified atom stereocenters. The molecule has 0 saturated heterocycles. The monoisotopic (exact) mass is 623 g/mol. The van der Waals surface area contributed by atoms with Gasteiger partial charge in [0, 0.05) is 6.08 Å². The first kappa shape index (κ1) is 36.2. The number of esters is 1. The smallest absolute Gasteiger partial charge is 0.461 e. The molecule has 24 heteroatoms. The summed E-state index contributed by atoms with van der Waals surface area (Å²) in [6, 6.07) is 0. The van der Waals surface area contributed by atoms with Crippen LogP contribution in [0, 0.1) is 0 Å². The Balaban J connectivity index is 6.14. The Hall–Kier alpha value is -2.79. The summed E-state index contributed by atoms with van der Waals surface area (Å²) < 4.78 is 232. The third kappa shape index (κ3) is 8.11. The SMILES string of the molecule is C=CC(=O)OCCNC(=O)OCC(F)(OC(F)(F)C(F)(OC(F)(F)C(F)(F)C(F)(F)F)C(F)(F)F)C(F)(F)F. The van der Waals surface area contributed by atoms with Crippen molar-refractivity contribution < 1.29 is 103 Å². The first-order chi connectivity index (χ1) is 17.0. The third-order valence-electron chi connectivity index (χ3n) is 3.61. The third-order valence-corrected chi connectivity index (χ3v) is 3.61. The Morgan fingerprint density at radius 1 is 0.667 bits per heavy atom. The molecule has 2 atom stereocenters. The Morgan fingerprint density at radius 3 is 1.54 bits per heavy atom. The Morgan fingerprint density at radius 2 is 1.15 bits per heavy atom. The maximum atomic E-state index is 14.2. The molecule has 39 heavy (non-hydrogen) atoms. The molecule has 0 spiro atoms. The minimum absolute atomic E-state index is 0.576. The molecule has 0 aliphatic heterocycles. The van der Waals surface area contributed by atoms with Gasteiger partial charge in [-0.05, 0) is 0 Å². The molecule has 1 N–H and O–H groups in total. The van der Waals surface area contributed by atoms with Crippen LogP contribution >= 0.6 is 0 Å². The highest BCUT2D eigenvalue weighted by Gasteiger charge is 2.85. The number of alkyl carbamates (subject to hydrolysis) is 1. The van der Waals surface area contributed by atoms with E-state index in [-0.39, 0.29) is 0 Å². The molecule has 0 aliphatic rings. The first-order valence-electron chi connectivity index (χ1n) is 8.83. The highest BCUT2D eigenvalue weighted by atomic mass is 19.4. The molecule has 0 aromatic heterocycles. The lowest BCUT2D eigenvalue weighted by Crippen LogP contribution is -2.67. The zero-order chi connectivity index (χ0) is 31.5. The molecule has 230 valence electrons. The van der Waals surface area contributed by atoms with Crippen LogP contribution in [0.3, 0.4) is 0 Å². The van der Waals surface area contributed by atoms with E-state index >= 15 is 0 Å². The lowest BCUT2D eigenvalue weighted by molar-refractivity contribution is -0.552. The van der Waals surface area contributed by atoms with Gasteiger partial charge < -0.3 is 14.8 Å². The van der Waals surface area contributed by atoms with Crippen molar-refractivity contribution in [2.24, 2.45) is 0 Å². The Bertz CT molecular complexity index is 885. The molecule has 0 rings (SSSR count). The van der Waals surface area contributed by atoms with Gasteiger partial charge in [0.2, 0.25) is 0 Å². The van der Waals surface area contributed by atoms with Gasteiger partial charge in [0.25, 0.3) is 0 Å². The van der Waals surface area contributed by atoms with Crippen molar-refractivity contribution in [2.45, 2.75) is 48.4 Å². The molecule has 0 heterocycles. The number of carbonyl (C=O) groups is 2. The number of halogens is 17. The second-order valence-electron chi connectivity index (χ2n) is 6.50. The first-order valence-corrected chi connectivity index (χ1v) is 8.83. The minimum atomic E-state index is -8.04. The topological polar surface area (TPSA) is 83.1 Å². The van der Waals surface area contributed by atoms with E-state index in [1.807, 2.05) is 4.74 Å². The number of amides is 1. The number of nitrogens with one attached hydrogen (secondary N) is 1. The van der Waals surface area contributed by atoms with E-state index in [0.717, 1.165) is 0 Å². The van der Waals surface area contributed by atoms with E-state index in [9.17, 15) is 84.2 Å². The number of rotatable bonds is 12. The molecular weight excluding hydrogens is 613 g/mol. The molecular formula is C15H10F17NO6. The average molecular weight is 623 g/mol. The summed E-state index contributed by atoms with van der Waals surface area (Å²) in [4.78, 5) is 21.9. The summed E-state index contributed by atoms with van der Waals surface area (Å²) in [5, 5.41) is 1.35. The average Bonchev–Trinajstić information content (AvgIpc) is 2.71. The van der Waals surface area contributed by atoms with E-state index in [2.05, 4.69) is 16.1 Å². The predicted octanol–water partition coefficient (Wildman–Crippen LogP) is 5.31. The molecule has 0 radical (unpaired) electrons. The van der Waals surface area contributed by atoms with Gasteiger partial charge in [0.15, 0.2) is 6.61 Å². The second kappa shape index (κ2) is 11.4. The van der Waals surface area contributed by atoms with Crippen LogP contribution in [0.25, 0.3) is 0 Å². The molecule has 1 amide bonds. The molecule has 0 fully saturated rings. The minimum Gasteiger partial charge on any atom is -0.461 e. The van der Waals surface area contributed by atoms with Gasteiger partial charge >= 0.3 is 60.4 Å². The van der Waals surface area contributed by atoms with Crippen LogP contribution in [0.4, 0.5) is 79.4 Å². The fourth-order valence-electron chi connectivity index (χ4n) is 1.70. The van der Waals surface area contributed by atoms with Crippen LogP contribution in [0.1, 0.15) is 0 Å². The van der Waals surface area contributed by atoms with Gasteiger partial charge in [0.05, 0.1) is 6.54 Å². The predicted molar refractivity (Wildman–Crippen MR) is 83.4 cm³/mol. The Kier molecular flexibility index (Phi) is 10.6. The molecule has 0 saturated carbocycles. The van der Waals surface area contributed by atoms with Gasteiger partial charge in [-0.3, -0.25) is 9.47 Å². The number of ether oxygens (including phenoxy) is 4. The van der Waals surface area contributed by atoms with Gasteiger partial charge in [-0.15, -0.1) is 0 Å². The summed E-state index contributed by atoms with van der Waals surface area (Å²) in [7, 11) is 0. The summed E-state index contributed by atoms with van der Waals surface area (Å²) in [5.74, 6) is -23.6. The number of alkyl halides is 17. The van der Waals surface area contributed by atoms with Crippen molar-refractivity contribution in [3.8, 4) is 0 Å². The maximum absolute atomic E-state index is 14.2. The van der Waals surface area contributed by atoms with Crippen molar-refractivity contribution in [3.63, 3.8) is 0 Å². The second-order valence-corrected chi connectivity index (χ2v) is 6.50. The molecule has 0 aromatic carbocycles. The summed E-state index contributed by atoms with van der Waals surface area (Å²) in [6.07, 6.45) is -40.1. The van der Waals surface area contributed by atoms with E-state index < -0.39 is 80.2 Å². The van der Waals surface area contributed by atoms with Gasteiger partial charge in [-0.1, -0.05) is 6.58 Å². The van der Waals surface area contributed by atoms with E-state index in [1.54, 1.807) is 0 Å². The lowest BCUT2D eigenvalue weighted by atomic mass is 10.2. The summed E-state index contributed by atoms with van der Waals surface area (Å²) in [5.41, 5.74) is 0. The fraction of sp³-hybridized carbons (Fsp3) is 0.733. The zero-order valence-corrected chi connectivity index (χ0v) is 17.8. The summed E-state index contributed by atoms with van der Waals surface area (Å²) >= 11 is 0. The lowest BCUT2D eigenvalue weighted by Gasteiger charge is -2.40. The van der Waals surface area contributed by atoms with Crippen molar-refractivity contribution in [3.05, 3.63) is 12.7 Å². The van der Waals surface area contributed by atoms with Crippen LogP contribution in [0.5, 0.6) is 0 Å². The van der Waals surface area contributed by atoms with Crippen LogP contribution in [-0.2, 0) is 23.7 Å². The summed E-state index contributed by atoms with van der Waals surface area (Å²) in [6.45, 7) is -2.05. The van der Waals surface area contributed by atoms with Crippen molar-refractivity contribution in [1.29, 1.82) is 0 Å². The fourth-order valence-corrected chi connectivity index (χ4v) is 1.70. The molecule has 0 bridgehead atoms. The van der Waals surface area contributed by atoms with E-state index in [0.29, 0.717) is 6.08 Å². The van der Waals surface area contributed by atoms with E-state index in [1.165, 1.54) is 10.1 Å². The maximum Gasteiger partial charge on any atom is 0.462 e. The van der Waals surface area contributed by atoms with Crippen LogP contribution in [0.15, 0.2) is 12.7 Å². The van der Waals surface area contributed by atoms with Gasteiger partial charge in [-0.25, -0.2) is 9.59 Å². The quantitative estimate of drug-likeness (QED) is 0.137. The van der Waals surface area contributed by atoms with Crippen molar-refractivity contribution >= 4 is 12.1 Å². The largest absolute Gasteiger partial charge is 0.462 e. The van der Waals surface area contributed by atoms with Gasteiger partial charge in [0.1, 0.15) is 6.61 Å². The standard InChI is InChI=1S/C15H10F17NO6/c1-2-6(34)36-4-3-33-7(35)37-5-8(16,11(20,21)22)38-15(31,32)10(19,13(26,27)28)39-14(29,30)9(17,18)12(23,24)25/h2H,1,3-5H2,(H,33,35). The molecule has 0 aliphatic carbocycles. The van der Waals surface area contributed by atoms with Crippen LogP contribution in [-0.4, -0.2) is 80.2 Å². The zero-order valence-electron chi connectivity index (χ0n) is 17.8. The van der Waals surface area contributed by atoms with Crippen LogP contribution in [0.2, 0.25) is 0 Å². The van der Waals surface area contributed by atoms with E-state index in [4.69, 9.17) is 0 Å². The number of carbonyl (C=O) groups excluding carboxylic acids is 2. The number of hydrogen-bond donors (Lipinski definition) is 1. The molecule has 0 aromatic rings. The van der Waals surface area contributed by atoms with Crippen molar-refractivity contribution in [2.75, 3.05) is 19.8 Å². The normalized spacial score (nSPS) is 17.1. The van der Waals surface area contributed by atoms with Crippen LogP contribution < -0.4 is 5.32 Å². The molecule has 7 nitrogen and oxygen atoms in total. The Labute approximate surface area is 202 Å². The van der Waals surface area contributed by atoms with Gasteiger partial charge in [-0.2, -0.15) is 74.6 Å². The number of hydrogen-bond acceptors (Lipinski definition) is 6. The highest BCUT2D eigenvalue weighted by Crippen LogP contribution is 2.56. The van der Waals surface area contributed by atoms with Crippen molar-refractivity contribution in [1.82, 2.24) is 5.32 Å². The highest BCUT2D eigenvalue weighted by molar-refractivity contribution is 5.81.